The summed E-state index contributed by atoms with van der Waals surface area (Å²) in [4.78, 5) is 15.2. The molecule has 0 bridgehead atoms. The highest BCUT2D eigenvalue weighted by molar-refractivity contribution is 5.71. The van der Waals surface area contributed by atoms with Crippen LogP contribution in [0.15, 0.2) is 0 Å². The number of aliphatic carboxylic acids is 1. The molecule has 1 heterocycles. The number of hydrogen-bond donors (Lipinski definition) is 1. The molecule has 14 heavy (non-hydrogen) atoms. The number of likely N-dealkylation sites (tertiary alicyclic amines) is 1. The molecule has 0 aromatic carbocycles. The van der Waals surface area contributed by atoms with Crippen LogP contribution in [0.25, 0.3) is 0 Å². The first-order valence-corrected chi connectivity index (χ1v) is 5.06. The Balaban J connectivity index is 2.45. The summed E-state index contributed by atoms with van der Waals surface area (Å²) in [7, 11) is 6.04. The first-order chi connectivity index (χ1) is 6.50. The number of carboxylic acid groups (broad SMARTS) is 1. The van der Waals surface area contributed by atoms with Crippen LogP contribution >= 0.6 is 0 Å². The number of hydrogen-bond acceptors (Lipinski definition) is 3. The maximum Gasteiger partial charge on any atom is 0.308 e. The summed E-state index contributed by atoms with van der Waals surface area (Å²) in [6.07, 6.45) is 0.980. The minimum absolute atomic E-state index is 0.167. The Bertz CT molecular complexity index is 206. The Morgan fingerprint density at radius 2 is 2.14 bits per heavy atom. The Morgan fingerprint density at radius 1 is 1.50 bits per heavy atom. The minimum Gasteiger partial charge on any atom is -0.481 e. The van der Waals surface area contributed by atoms with Crippen molar-refractivity contribution < 1.29 is 9.90 Å². The molecule has 1 rings (SSSR count). The summed E-state index contributed by atoms with van der Waals surface area (Å²) >= 11 is 0. The Labute approximate surface area is 85.5 Å². The molecule has 1 aliphatic rings. The highest BCUT2D eigenvalue weighted by Gasteiger charge is 2.35. The molecule has 4 heteroatoms. The Morgan fingerprint density at radius 3 is 2.64 bits per heavy atom. The SMILES string of the molecule is CN(C)CCC1CN(C)CC1C(=O)O. The van der Waals surface area contributed by atoms with E-state index in [1.54, 1.807) is 0 Å². The summed E-state index contributed by atoms with van der Waals surface area (Å²) in [5, 5.41) is 9.03. The highest BCUT2D eigenvalue weighted by atomic mass is 16.4. The lowest BCUT2D eigenvalue weighted by Crippen LogP contribution is -2.25. The predicted octanol–water partition coefficient (Wildman–Crippen LogP) is 0.201. The number of carboxylic acids is 1. The molecule has 2 atom stereocenters. The average molecular weight is 200 g/mol. The van der Waals surface area contributed by atoms with Gasteiger partial charge in [0.25, 0.3) is 0 Å². The highest BCUT2D eigenvalue weighted by Crippen LogP contribution is 2.25. The van der Waals surface area contributed by atoms with E-state index < -0.39 is 5.97 Å². The third-order valence-corrected chi connectivity index (χ3v) is 2.89. The molecule has 0 aliphatic carbocycles. The standard InChI is InChI=1S/C10H20N2O2/c1-11(2)5-4-8-6-12(3)7-9(8)10(13)14/h8-9H,4-7H2,1-3H3,(H,13,14). The normalized spacial score (nSPS) is 28.6. The fraction of sp³-hybridized carbons (Fsp3) is 0.900. The zero-order valence-corrected chi connectivity index (χ0v) is 9.23. The van der Waals surface area contributed by atoms with Gasteiger partial charge in [0, 0.05) is 13.1 Å². The molecule has 82 valence electrons. The van der Waals surface area contributed by atoms with Crippen molar-refractivity contribution in [3.63, 3.8) is 0 Å². The molecule has 0 radical (unpaired) electrons. The van der Waals surface area contributed by atoms with Crippen LogP contribution in [0.4, 0.5) is 0 Å². The van der Waals surface area contributed by atoms with Gasteiger partial charge in [-0.15, -0.1) is 0 Å². The number of carbonyl (C=O) groups is 1. The summed E-state index contributed by atoms with van der Waals surface area (Å²) in [6.45, 7) is 2.60. The predicted molar refractivity (Wildman–Crippen MR) is 55.3 cm³/mol. The van der Waals surface area contributed by atoms with Crippen molar-refractivity contribution in [1.29, 1.82) is 0 Å². The van der Waals surface area contributed by atoms with Gasteiger partial charge >= 0.3 is 5.97 Å². The van der Waals surface area contributed by atoms with Gasteiger partial charge in [-0.05, 0) is 40.0 Å². The van der Waals surface area contributed by atoms with Crippen LogP contribution in [0.1, 0.15) is 6.42 Å². The molecule has 1 N–H and O–H groups in total. The summed E-state index contributed by atoms with van der Waals surface area (Å²) in [5.41, 5.74) is 0. The monoisotopic (exact) mass is 200 g/mol. The summed E-state index contributed by atoms with van der Waals surface area (Å²) in [5.74, 6) is -0.488. The topological polar surface area (TPSA) is 43.8 Å². The second kappa shape index (κ2) is 4.75. The van der Waals surface area contributed by atoms with E-state index in [1.165, 1.54) is 0 Å². The Hall–Kier alpha value is -0.610. The first kappa shape index (κ1) is 11.5. The van der Waals surface area contributed by atoms with Crippen molar-refractivity contribution >= 4 is 5.97 Å². The van der Waals surface area contributed by atoms with Gasteiger partial charge in [0.05, 0.1) is 5.92 Å². The van der Waals surface area contributed by atoms with Crippen molar-refractivity contribution in [2.24, 2.45) is 11.8 Å². The zero-order chi connectivity index (χ0) is 10.7. The van der Waals surface area contributed by atoms with Crippen LogP contribution < -0.4 is 0 Å². The molecule has 1 fully saturated rings. The van der Waals surface area contributed by atoms with E-state index >= 15 is 0 Å². The molecule has 0 aromatic heterocycles. The van der Waals surface area contributed by atoms with Crippen LogP contribution in [-0.4, -0.2) is 61.7 Å². The van der Waals surface area contributed by atoms with Crippen molar-refractivity contribution in [1.82, 2.24) is 9.80 Å². The van der Waals surface area contributed by atoms with Gasteiger partial charge in [0.2, 0.25) is 0 Å². The minimum atomic E-state index is -0.641. The van der Waals surface area contributed by atoms with Crippen LogP contribution in [-0.2, 0) is 4.79 Å². The summed E-state index contributed by atoms with van der Waals surface area (Å²) in [6, 6.07) is 0. The zero-order valence-electron chi connectivity index (χ0n) is 9.23. The molecule has 0 amide bonds. The molecule has 4 nitrogen and oxygen atoms in total. The van der Waals surface area contributed by atoms with E-state index in [-0.39, 0.29) is 5.92 Å². The molecule has 2 unspecified atom stereocenters. The summed E-state index contributed by atoms with van der Waals surface area (Å²) < 4.78 is 0. The van der Waals surface area contributed by atoms with Crippen molar-refractivity contribution in [3.8, 4) is 0 Å². The van der Waals surface area contributed by atoms with Crippen LogP contribution in [0.2, 0.25) is 0 Å². The molecule has 0 spiro atoms. The number of nitrogens with zero attached hydrogens (tertiary/aromatic N) is 2. The van der Waals surface area contributed by atoms with Gasteiger partial charge in [0.15, 0.2) is 0 Å². The molecular weight excluding hydrogens is 180 g/mol. The largest absolute Gasteiger partial charge is 0.481 e. The van der Waals surface area contributed by atoms with Crippen LogP contribution in [0, 0.1) is 11.8 Å². The lowest BCUT2D eigenvalue weighted by Gasteiger charge is -2.17. The molecule has 0 saturated carbocycles. The molecular formula is C10H20N2O2. The van der Waals surface area contributed by atoms with Gasteiger partial charge in [0.1, 0.15) is 0 Å². The van der Waals surface area contributed by atoms with Gasteiger partial charge in [-0.3, -0.25) is 4.79 Å². The van der Waals surface area contributed by atoms with Crippen molar-refractivity contribution in [3.05, 3.63) is 0 Å². The molecule has 0 aromatic rings. The lowest BCUT2D eigenvalue weighted by molar-refractivity contribution is -0.142. The van der Waals surface area contributed by atoms with E-state index in [1.807, 2.05) is 21.1 Å². The van der Waals surface area contributed by atoms with Crippen LogP contribution in [0.5, 0.6) is 0 Å². The van der Waals surface area contributed by atoms with E-state index in [0.29, 0.717) is 12.5 Å². The maximum atomic E-state index is 11.0. The quantitative estimate of drug-likeness (QED) is 0.704. The van der Waals surface area contributed by atoms with E-state index in [4.69, 9.17) is 5.11 Å². The van der Waals surface area contributed by atoms with Gasteiger partial charge in [-0.2, -0.15) is 0 Å². The average Bonchev–Trinajstić information content (AvgIpc) is 2.43. The van der Waals surface area contributed by atoms with E-state index in [2.05, 4.69) is 9.80 Å². The van der Waals surface area contributed by atoms with E-state index in [0.717, 1.165) is 19.5 Å². The fourth-order valence-corrected chi connectivity index (χ4v) is 2.08. The van der Waals surface area contributed by atoms with Crippen molar-refractivity contribution in [2.45, 2.75) is 6.42 Å². The fourth-order valence-electron chi connectivity index (χ4n) is 2.08. The van der Waals surface area contributed by atoms with Gasteiger partial charge < -0.3 is 14.9 Å². The third kappa shape index (κ3) is 2.96. The molecule has 1 saturated heterocycles. The lowest BCUT2D eigenvalue weighted by atomic mass is 9.93. The van der Waals surface area contributed by atoms with E-state index in [9.17, 15) is 4.79 Å². The molecule has 1 aliphatic heterocycles. The van der Waals surface area contributed by atoms with Gasteiger partial charge in [-0.25, -0.2) is 0 Å². The first-order valence-electron chi connectivity index (χ1n) is 5.06. The second-order valence-corrected chi connectivity index (χ2v) is 4.52. The smallest absolute Gasteiger partial charge is 0.308 e. The van der Waals surface area contributed by atoms with Gasteiger partial charge in [-0.1, -0.05) is 0 Å². The van der Waals surface area contributed by atoms with Crippen LogP contribution in [0.3, 0.4) is 0 Å². The maximum absolute atomic E-state index is 11.0. The van der Waals surface area contributed by atoms with Crippen molar-refractivity contribution in [2.75, 3.05) is 40.8 Å². The number of rotatable bonds is 4. The Kier molecular flexibility index (Phi) is 3.89. The third-order valence-electron chi connectivity index (χ3n) is 2.89. The second-order valence-electron chi connectivity index (χ2n) is 4.52.